The van der Waals surface area contributed by atoms with E-state index in [1.54, 1.807) is 13.3 Å². The number of fused-ring (bicyclic) bond motifs is 2. The molecule has 4 rings (SSSR count). The minimum absolute atomic E-state index is 0.667. The number of hydrogen-bond acceptors (Lipinski definition) is 4. The molecule has 0 aliphatic rings. The lowest BCUT2D eigenvalue weighted by Crippen LogP contribution is -1.86. The van der Waals surface area contributed by atoms with Gasteiger partial charge < -0.3 is 9.72 Å². The second kappa shape index (κ2) is 4.56. The molecule has 1 N–H and O–H groups in total. The highest BCUT2D eigenvalue weighted by molar-refractivity contribution is 5.92. The highest BCUT2D eigenvalue weighted by Gasteiger charge is 2.08. The number of aromatic amines is 1. The zero-order valence-electron chi connectivity index (χ0n) is 11.4. The molecule has 0 spiro atoms. The maximum Gasteiger partial charge on any atom is 0.181 e. The number of ether oxygens (including phenoxy) is 1. The van der Waals surface area contributed by atoms with Gasteiger partial charge in [0.05, 0.1) is 13.3 Å². The van der Waals surface area contributed by atoms with Crippen LogP contribution in [0.25, 0.3) is 33.3 Å². The molecule has 102 valence electrons. The average molecular weight is 276 g/mol. The second-order valence-electron chi connectivity index (χ2n) is 4.74. The summed E-state index contributed by atoms with van der Waals surface area (Å²) in [6.45, 7) is 0. The van der Waals surface area contributed by atoms with E-state index in [4.69, 9.17) is 4.74 Å². The summed E-state index contributed by atoms with van der Waals surface area (Å²) in [6.07, 6.45) is 3.22. The average Bonchev–Trinajstić information content (AvgIpc) is 2.97. The fourth-order valence-corrected chi connectivity index (χ4v) is 2.47. The van der Waals surface area contributed by atoms with Crippen LogP contribution in [-0.2, 0) is 0 Å². The molecule has 2 aromatic carbocycles. The van der Waals surface area contributed by atoms with Gasteiger partial charge in [-0.1, -0.05) is 24.3 Å². The number of nitrogens with zero attached hydrogens (tertiary/aromatic N) is 3. The first-order valence-corrected chi connectivity index (χ1v) is 6.58. The Bertz CT molecular complexity index is 912. The molecule has 5 nitrogen and oxygen atoms in total. The second-order valence-corrected chi connectivity index (χ2v) is 4.74. The fraction of sp³-hybridized carbons (Fsp3) is 0.0625. The highest BCUT2D eigenvalue weighted by atomic mass is 16.5. The van der Waals surface area contributed by atoms with Gasteiger partial charge in [0.1, 0.15) is 23.4 Å². The van der Waals surface area contributed by atoms with Crippen LogP contribution < -0.4 is 4.74 Å². The molecule has 0 saturated heterocycles. The molecule has 0 aliphatic heterocycles. The van der Waals surface area contributed by atoms with Crippen molar-refractivity contribution in [1.82, 2.24) is 19.9 Å². The van der Waals surface area contributed by atoms with Crippen LogP contribution in [0.3, 0.4) is 0 Å². The van der Waals surface area contributed by atoms with E-state index in [0.29, 0.717) is 5.65 Å². The Balaban J connectivity index is 1.93. The Morgan fingerprint density at radius 2 is 2.10 bits per heavy atom. The first kappa shape index (κ1) is 11.8. The predicted molar refractivity (Wildman–Crippen MR) is 81.2 cm³/mol. The number of imidazole rings is 1. The van der Waals surface area contributed by atoms with Gasteiger partial charge in [-0.15, -0.1) is 0 Å². The van der Waals surface area contributed by atoms with Crippen molar-refractivity contribution in [1.29, 1.82) is 0 Å². The van der Waals surface area contributed by atoms with Gasteiger partial charge in [-0.05, 0) is 17.5 Å². The van der Waals surface area contributed by atoms with Gasteiger partial charge in [-0.3, -0.25) is 0 Å². The van der Waals surface area contributed by atoms with Gasteiger partial charge in [0, 0.05) is 10.9 Å². The lowest BCUT2D eigenvalue weighted by Gasteiger charge is -2.06. The van der Waals surface area contributed by atoms with Crippen molar-refractivity contribution in [3.63, 3.8) is 0 Å². The molecule has 0 saturated carbocycles. The van der Waals surface area contributed by atoms with Crippen LogP contribution in [-0.4, -0.2) is 27.0 Å². The van der Waals surface area contributed by atoms with Crippen molar-refractivity contribution in [3.8, 4) is 17.1 Å². The van der Waals surface area contributed by atoms with Crippen LogP contribution in [0.5, 0.6) is 5.75 Å². The Morgan fingerprint density at radius 3 is 2.95 bits per heavy atom. The minimum Gasteiger partial charge on any atom is -0.496 e. The van der Waals surface area contributed by atoms with Crippen LogP contribution in [0.2, 0.25) is 0 Å². The molecule has 4 aromatic rings. The highest BCUT2D eigenvalue weighted by Crippen LogP contribution is 2.29. The molecule has 0 amide bonds. The van der Waals surface area contributed by atoms with E-state index in [9.17, 15) is 0 Å². The number of H-pyrrole nitrogens is 1. The summed E-state index contributed by atoms with van der Waals surface area (Å²) >= 11 is 0. The van der Waals surface area contributed by atoms with Crippen LogP contribution in [0, 0.1) is 0 Å². The third-order valence-corrected chi connectivity index (χ3v) is 3.50. The van der Waals surface area contributed by atoms with Crippen molar-refractivity contribution >= 4 is 21.9 Å². The monoisotopic (exact) mass is 276 g/mol. The van der Waals surface area contributed by atoms with E-state index in [1.807, 2.05) is 18.2 Å². The van der Waals surface area contributed by atoms with E-state index < -0.39 is 0 Å². The fourth-order valence-electron chi connectivity index (χ4n) is 2.47. The first-order valence-electron chi connectivity index (χ1n) is 6.58. The third-order valence-electron chi connectivity index (χ3n) is 3.50. The molecule has 2 aromatic heterocycles. The molecular formula is C16H12N4O. The lowest BCUT2D eigenvalue weighted by atomic mass is 10.1. The zero-order valence-corrected chi connectivity index (χ0v) is 11.4. The van der Waals surface area contributed by atoms with E-state index >= 15 is 0 Å². The van der Waals surface area contributed by atoms with Crippen molar-refractivity contribution in [2.75, 3.05) is 7.11 Å². The van der Waals surface area contributed by atoms with Crippen LogP contribution in [0.4, 0.5) is 0 Å². The quantitative estimate of drug-likeness (QED) is 0.610. The number of hydrogen-bond donors (Lipinski definition) is 1. The summed E-state index contributed by atoms with van der Waals surface area (Å²) in [5.74, 6) is 1.63. The van der Waals surface area contributed by atoms with Gasteiger partial charge in [0.15, 0.2) is 5.65 Å². The summed E-state index contributed by atoms with van der Waals surface area (Å²) < 4.78 is 5.42. The van der Waals surface area contributed by atoms with Gasteiger partial charge in [-0.2, -0.15) is 0 Å². The third kappa shape index (κ3) is 1.90. The van der Waals surface area contributed by atoms with Crippen molar-refractivity contribution in [3.05, 3.63) is 48.9 Å². The number of methoxy groups -OCH3 is 1. The molecule has 5 heteroatoms. The standard InChI is InChI=1S/C16H12N4O/c1-21-14-4-2-3-10-5-6-11(7-12(10)14)15-19-13-8-17-9-18-16(13)20-15/h2-9H,1H3,(H,17,18,19,20). The Kier molecular flexibility index (Phi) is 2.57. The molecule has 0 atom stereocenters. The van der Waals surface area contributed by atoms with E-state index in [2.05, 4.69) is 38.1 Å². The van der Waals surface area contributed by atoms with Crippen molar-refractivity contribution < 1.29 is 4.74 Å². The summed E-state index contributed by atoms with van der Waals surface area (Å²) in [5.41, 5.74) is 2.48. The van der Waals surface area contributed by atoms with Crippen molar-refractivity contribution in [2.24, 2.45) is 0 Å². The largest absolute Gasteiger partial charge is 0.496 e. The predicted octanol–water partition coefficient (Wildman–Crippen LogP) is 3.18. The summed E-state index contributed by atoms with van der Waals surface area (Å²) in [4.78, 5) is 15.9. The van der Waals surface area contributed by atoms with Gasteiger partial charge in [0.2, 0.25) is 0 Å². The normalized spacial score (nSPS) is 11.1. The number of benzene rings is 2. The molecule has 2 heterocycles. The van der Waals surface area contributed by atoms with Gasteiger partial charge >= 0.3 is 0 Å². The molecule has 0 aliphatic carbocycles. The van der Waals surface area contributed by atoms with Crippen LogP contribution in [0.1, 0.15) is 0 Å². The van der Waals surface area contributed by atoms with E-state index in [0.717, 1.165) is 33.4 Å². The maximum atomic E-state index is 5.42. The van der Waals surface area contributed by atoms with Gasteiger partial charge in [-0.25, -0.2) is 15.0 Å². The number of nitrogens with one attached hydrogen (secondary N) is 1. The van der Waals surface area contributed by atoms with E-state index in [-0.39, 0.29) is 0 Å². The summed E-state index contributed by atoms with van der Waals surface area (Å²) in [7, 11) is 1.68. The Labute approximate surface area is 120 Å². The van der Waals surface area contributed by atoms with Crippen LogP contribution >= 0.6 is 0 Å². The molecule has 0 bridgehead atoms. The maximum absolute atomic E-state index is 5.42. The SMILES string of the molecule is COc1cccc2ccc(-c3nc4ncncc4[nH]3)cc12. The van der Waals surface area contributed by atoms with Gasteiger partial charge in [0.25, 0.3) is 0 Å². The summed E-state index contributed by atoms with van der Waals surface area (Å²) in [6, 6.07) is 12.2. The minimum atomic E-state index is 0.667. The number of aromatic nitrogens is 4. The Morgan fingerprint density at radius 1 is 1.14 bits per heavy atom. The summed E-state index contributed by atoms with van der Waals surface area (Å²) in [5, 5.41) is 2.19. The number of rotatable bonds is 2. The molecule has 0 fully saturated rings. The molecular weight excluding hydrogens is 264 g/mol. The molecule has 0 radical (unpaired) electrons. The molecule has 0 unspecified atom stereocenters. The Hall–Kier alpha value is -2.95. The smallest absolute Gasteiger partial charge is 0.181 e. The molecule has 21 heavy (non-hydrogen) atoms. The topological polar surface area (TPSA) is 63.7 Å². The lowest BCUT2D eigenvalue weighted by molar-refractivity contribution is 0.420. The van der Waals surface area contributed by atoms with E-state index in [1.165, 1.54) is 6.33 Å². The van der Waals surface area contributed by atoms with Crippen molar-refractivity contribution in [2.45, 2.75) is 0 Å². The zero-order chi connectivity index (χ0) is 14.2. The van der Waals surface area contributed by atoms with Crippen LogP contribution in [0.15, 0.2) is 48.9 Å². The first-order chi connectivity index (χ1) is 10.3.